The second-order valence-corrected chi connectivity index (χ2v) is 7.08. The van der Waals surface area contributed by atoms with Crippen LogP contribution in [0.4, 0.5) is 0 Å². The Kier molecular flexibility index (Phi) is 4.20. The summed E-state index contributed by atoms with van der Waals surface area (Å²) in [5, 5.41) is 7.91. The Hall–Kier alpha value is -2.17. The maximum Gasteiger partial charge on any atom is 0.223 e. The minimum atomic E-state index is 0.0990. The molecule has 1 atom stereocenters. The van der Waals surface area contributed by atoms with Gasteiger partial charge in [-0.3, -0.25) is 4.79 Å². The van der Waals surface area contributed by atoms with Crippen molar-refractivity contribution < 1.29 is 4.79 Å². The Bertz CT molecular complexity index is 677. The average molecular weight is 312 g/mol. The van der Waals surface area contributed by atoms with Crippen LogP contribution in [0.3, 0.4) is 0 Å². The molecule has 1 aromatic heterocycles. The molecule has 1 fully saturated rings. The van der Waals surface area contributed by atoms with Crippen LogP contribution >= 0.6 is 0 Å². The van der Waals surface area contributed by atoms with Crippen molar-refractivity contribution >= 4 is 5.91 Å². The molecule has 0 bridgehead atoms. The van der Waals surface area contributed by atoms with Gasteiger partial charge >= 0.3 is 0 Å². The molecule has 2 aromatic rings. The smallest absolute Gasteiger partial charge is 0.223 e. The summed E-state index contributed by atoms with van der Waals surface area (Å²) in [6, 6.07) is 10.5. The van der Waals surface area contributed by atoms with E-state index >= 15 is 0 Å². The number of rotatable bonds is 4. The van der Waals surface area contributed by atoms with Crippen LogP contribution in [0.25, 0.3) is 0 Å². The molecule has 23 heavy (non-hydrogen) atoms. The molecular weight excluding hydrogens is 288 g/mol. The maximum atomic E-state index is 12.6. The summed E-state index contributed by atoms with van der Waals surface area (Å²) >= 11 is 0. The van der Waals surface area contributed by atoms with Gasteiger partial charge in [0.1, 0.15) is 12.2 Å². The zero-order valence-electron chi connectivity index (χ0n) is 14.1. The number of amides is 1. The highest BCUT2D eigenvalue weighted by molar-refractivity contribution is 5.77. The van der Waals surface area contributed by atoms with Gasteiger partial charge in [-0.05, 0) is 11.0 Å². The van der Waals surface area contributed by atoms with Crippen molar-refractivity contribution in [3.05, 3.63) is 48.0 Å². The van der Waals surface area contributed by atoms with E-state index < -0.39 is 0 Å². The predicted molar refractivity (Wildman–Crippen MR) is 88.9 cm³/mol. The lowest BCUT2D eigenvalue weighted by Crippen LogP contribution is -2.30. The molecule has 2 heterocycles. The first-order valence-corrected chi connectivity index (χ1v) is 8.13. The van der Waals surface area contributed by atoms with Crippen LogP contribution in [0.5, 0.6) is 0 Å². The monoisotopic (exact) mass is 312 g/mol. The van der Waals surface area contributed by atoms with E-state index in [0.29, 0.717) is 18.8 Å². The molecular formula is C18H24N4O. The van der Waals surface area contributed by atoms with Crippen LogP contribution in [0.2, 0.25) is 0 Å². The fourth-order valence-electron chi connectivity index (χ4n) is 3.48. The minimum absolute atomic E-state index is 0.0990. The lowest BCUT2D eigenvalue weighted by Gasteiger charge is -2.25. The van der Waals surface area contributed by atoms with Crippen molar-refractivity contribution in [3.8, 4) is 0 Å². The summed E-state index contributed by atoms with van der Waals surface area (Å²) in [5.74, 6) is 1.46. The molecule has 0 spiro atoms. The van der Waals surface area contributed by atoms with Crippen LogP contribution in [0.1, 0.15) is 37.6 Å². The number of carbonyl (C=O) groups excluding carboxylic acids is 1. The van der Waals surface area contributed by atoms with E-state index in [-0.39, 0.29) is 11.3 Å². The van der Waals surface area contributed by atoms with Crippen molar-refractivity contribution in [1.29, 1.82) is 0 Å². The van der Waals surface area contributed by atoms with Crippen molar-refractivity contribution in [2.75, 3.05) is 13.1 Å². The first-order valence-electron chi connectivity index (χ1n) is 8.13. The number of benzene rings is 1. The topological polar surface area (TPSA) is 51.0 Å². The molecule has 0 unspecified atom stereocenters. The van der Waals surface area contributed by atoms with Gasteiger partial charge in [0.2, 0.25) is 5.91 Å². The second-order valence-electron chi connectivity index (χ2n) is 7.08. The number of nitrogens with zero attached hydrogens (tertiary/aromatic N) is 4. The lowest BCUT2D eigenvalue weighted by atomic mass is 9.78. The number of aromatic nitrogens is 3. The Morgan fingerprint density at radius 3 is 2.70 bits per heavy atom. The fourth-order valence-corrected chi connectivity index (χ4v) is 3.48. The van der Waals surface area contributed by atoms with E-state index in [2.05, 4.69) is 48.3 Å². The summed E-state index contributed by atoms with van der Waals surface area (Å²) < 4.78 is 1.87. The summed E-state index contributed by atoms with van der Waals surface area (Å²) in [6.45, 7) is 6.11. The van der Waals surface area contributed by atoms with Gasteiger partial charge in [0.05, 0.1) is 0 Å². The molecule has 0 N–H and O–H groups in total. The van der Waals surface area contributed by atoms with Crippen LogP contribution in [-0.4, -0.2) is 38.7 Å². The normalized spacial score (nSPS) is 20.0. The number of likely N-dealkylation sites (tertiary alicyclic amines) is 1. The zero-order valence-corrected chi connectivity index (χ0v) is 14.1. The molecule has 0 aliphatic carbocycles. The SMILES string of the molecule is Cn1cnnc1CCC(=O)N1C[C@@H](c2ccccc2)C(C)(C)C1. The maximum absolute atomic E-state index is 12.6. The molecule has 1 aromatic carbocycles. The van der Waals surface area contributed by atoms with Crippen LogP contribution < -0.4 is 0 Å². The lowest BCUT2D eigenvalue weighted by molar-refractivity contribution is -0.130. The summed E-state index contributed by atoms with van der Waals surface area (Å²) in [4.78, 5) is 14.6. The molecule has 122 valence electrons. The molecule has 1 aliphatic heterocycles. The Labute approximate surface area is 137 Å². The minimum Gasteiger partial charge on any atom is -0.341 e. The first-order chi connectivity index (χ1) is 11.0. The molecule has 0 saturated carbocycles. The van der Waals surface area contributed by atoms with Crippen LogP contribution in [-0.2, 0) is 18.3 Å². The summed E-state index contributed by atoms with van der Waals surface area (Å²) in [6.07, 6.45) is 2.80. The number of hydrogen-bond acceptors (Lipinski definition) is 3. The van der Waals surface area contributed by atoms with E-state index in [1.54, 1.807) is 6.33 Å². The number of aryl methyl sites for hydroxylation is 2. The van der Waals surface area contributed by atoms with Crippen molar-refractivity contribution in [3.63, 3.8) is 0 Å². The Morgan fingerprint density at radius 2 is 2.04 bits per heavy atom. The van der Waals surface area contributed by atoms with E-state index in [1.165, 1.54) is 5.56 Å². The van der Waals surface area contributed by atoms with E-state index in [9.17, 15) is 4.79 Å². The first kappa shape index (κ1) is 15.7. The molecule has 5 heteroatoms. The highest BCUT2D eigenvalue weighted by Crippen LogP contribution is 2.42. The highest BCUT2D eigenvalue weighted by Gasteiger charge is 2.41. The molecule has 3 rings (SSSR count). The third-order valence-electron chi connectivity index (χ3n) is 4.87. The number of carbonyl (C=O) groups is 1. The molecule has 1 saturated heterocycles. The average Bonchev–Trinajstić information content (AvgIpc) is 3.08. The van der Waals surface area contributed by atoms with Gasteiger partial charge in [-0.1, -0.05) is 44.2 Å². The third-order valence-corrected chi connectivity index (χ3v) is 4.87. The molecule has 5 nitrogen and oxygen atoms in total. The highest BCUT2D eigenvalue weighted by atomic mass is 16.2. The van der Waals surface area contributed by atoms with Crippen molar-refractivity contribution in [2.24, 2.45) is 12.5 Å². The van der Waals surface area contributed by atoms with Crippen LogP contribution in [0.15, 0.2) is 36.7 Å². The standard InChI is InChI=1S/C18H24N4O/c1-18(2)12-22(11-15(18)14-7-5-4-6-8-14)17(23)10-9-16-20-19-13-21(16)3/h4-8,13,15H,9-12H2,1-3H3/t15-/m0/s1. The van der Waals surface area contributed by atoms with Crippen molar-refractivity contribution in [2.45, 2.75) is 32.6 Å². The quantitative estimate of drug-likeness (QED) is 0.871. The molecule has 0 radical (unpaired) electrons. The largest absolute Gasteiger partial charge is 0.341 e. The van der Waals surface area contributed by atoms with E-state index in [1.807, 2.05) is 22.6 Å². The van der Waals surface area contributed by atoms with E-state index in [0.717, 1.165) is 18.9 Å². The van der Waals surface area contributed by atoms with E-state index in [4.69, 9.17) is 0 Å². The van der Waals surface area contributed by atoms with Gasteiger partial charge in [0.15, 0.2) is 0 Å². The van der Waals surface area contributed by atoms with Crippen LogP contribution in [0, 0.1) is 5.41 Å². The summed E-state index contributed by atoms with van der Waals surface area (Å²) in [5.41, 5.74) is 1.42. The van der Waals surface area contributed by atoms with Gasteiger partial charge in [-0.25, -0.2) is 0 Å². The summed E-state index contributed by atoms with van der Waals surface area (Å²) in [7, 11) is 1.91. The van der Waals surface area contributed by atoms with Gasteiger partial charge in [-0.15, -0.1) is 10.2 Å². The van der Waals surface area contributed by atoms with Gasteiger partial charge in [0.25, 0.3) is 0 Å². The number of hydrogen-bond donors (Lipinski definition) is 0. The predicted octanol–water partition coefficient (Wildman–Crippen LogP) is 2.40. The zero-order chi connectivity index (χ0) is 16.4. The van der Waals surface area contributed by atoms with Gasteiger partial charge in [-0.2, -0.15) is 0 Å². The van der Waals surface area contributed by atoms with Gasteiger partial charge in [0, 0.05) is 38.9 Å². The Balaban J connectivity index is 1.65. The second kappa shape index (κ2) is 6.14. The molecule has 1 amide bonds. The van der Waals surface area contributed by atoms with Crippen molar-refractivity contribution in [1.82, 2.24) is 19.7 Å². The molecule has 1 aliphatic rings. The third kappa shape index (κ3) is 3.28. The fraction of sp³-hybridized carbons (Fsp3) is 0.500. The Morgan fingerprint density at radius 1 is 1.30 bits per heavy atom. The van der Waals surface area contributed by atoms with Gasteiger partial charge < -0.3 is 9.47 Å².